The monoisotopic (exact) mass is 347 g/mol. The Kier molecular flexibility index (Phi) is 5.78. The van der Waals surface area contributed by atoms with Crippen LogP contribution in [0.4, 0.5) is 10.1 Å². The lowest BCUT2D eigenvalue weighted by Gasteiger charge is -2.11. The number of ether oxygens (including phenoxy) is 2. The Hall–Kier alpha value is -3.40. The Morgan fingerprint density at radius 2 is 1.46 bits per heavy atom. The highest BCUT2D eigenvalue weighted by Gasteiger charge is 2.10. The number of halogens is 1. The van der Waals surface area contributed by atoms with Crippen LogP contribution in [0.15, 0.2) is 102 Å². The first-order valence-corrected chi connectivity index (χ1v) is 8.17. The van der Waals surface area contributed by atoms with Crippen molar-refractivity contribution < 1.29 is 13.9 Å². The van der Waals surface area contributed by atoms with Crippen LogP contribution in [-0.4, -0.2) is 5.90 Å². The molecule has 0 spiro atoms. The van der Waals surface area contributed by atoms with Crippen molar-refractivity contribution in [3.8, 4) is 11.5 Å². The maximum absolute atomic E-state index is 14.0. The van der Waals surface area contributed by atoms with E-state index in [4.69, 9.17) is 9.47 Å². The van der Waals surface area contributed by atoms with Crippen LogP contribution in [0.2, 0.25) is 0 Å². The maximum atomic E-state index is 14.0. The molecule has 0 N–H and O–H groups in total. The van der Waals surface area contributed by atoms with Crippen LogP contribution in [0.3, 0.4) is 0 Å². The first-order valence-electron chi connectivity index (χ1n) is 8.17. The van der Waals surface area contributed by atoms with Crippen molar-refractivity contribution in [3.05, 3.63) is 103 Å². The molecule has 0 aliphatic heterocycles. The zero-order chi connectivity index (χ0) is 18.2. The molecule has 0 saturated carbocycles. The second-order valence-corrected chi connectivity index (χ2v) is 5.52. The van der Waals surface area contributed by atoms with E-state index in [1.807, 2.05) is 60.7 Å². The van der Waals surface area contributed by atoms with Gasteiger partial charge in [0.25, 0.3) is 0 Å². The quantitative estimate of drug-likeness (QED) is 0.326. The van der Waals surface area contributed by atoms with Crippen LogP contribution < -0.4 is 9.47 Å². The molecule has 0 bridgehead atoms. The van der Waals surface area contributed by atoms with E-state index < -0.39 is 5.82 Å². The van der Waals surface area contributed by atoms with Crippen LogP contribution in [-0.2, 0) is 0 Å². The molecule has 3 aromatic rings. The second kappa shape index (κ2) is 8.62. The Bertz CT molecular complexity index is 906. The van der Waals surface area contributed by atoms with Crippen LogP contribution in [0.25, 0.3) is 0 Å². The highest BCUT2D eigenvalue weighted by atomic mass is 19.1. The van der Waals surface area contributed by atoms with E-state index in [9.17, 15) is 4.39 Å². The molecule has 0 aromatic heterocycles. The lowest BCUT2D eigenvalue weighted by atomic mass is 10.3. The third-order valence-corrected chi connectivity index (χ3v) is 3.48. The van der Waals surface area contributed by atoms with Crippen molar-refractivity contribution in [2.45, 2.75) is 6.92 Å². The molecule has 3 rings (SSSR count). The number of aliphatic imine (C=N–C) groups is 1. The Morgan fingerprint density at radius 1 is 0.846 bits per heavy atom. The van der Waals surface area contributed by atoms with Crippen molar-refractivity contribution in [2.24, 2.45) is 4.99 Å². The van der Waals surface area contributed by atoms with Gasteiger partial charge in [0.2, 0.25) is 5.90 Å². The highest BCUT2D eigenvalue weighted by Crippen LogP contribution is 2.20. The average molecular weight is 347 g/mol. The van der Waals surface area contributed by atoms with Gasteiger partial charge in [-0.1, -0.05) is 48.5 Å². The number of para-hydroxylation sites is 3. The van der Waals surface area contributed by atoms with Crippen molar-refractivity contribution in [1.29, 1.82) is 0 Å². The van der Waals surface area contributed by atoms with Gasteiger partial charge < -0.3 is 9.47 Å². The molecular weight excluding hydrogens is 329 g/mol. The number of hydrogen-bond acceptors (Lipinski definition) is 3. The van der Waals surface area contributed by atoms with Gasteiger partial charge in [0.1, 0.15) is 5.75 Å². The summed E-state index contributed by atoms with van der Waals surface area (Å²) in [5.41, 5.74) is 1.33. The third-order valence-electron chi connectivity index (χ3n) is 3.48. The summed E-state index contributed by atoms with van der Waals surface area (Å²) < 4.78 is 25.3. The lowest BCUT2D eigenvalue weighted by molar-refractivity contribution is 0.467. The minimum atomic E-state index is -0.454. The van der Waals surface area contributed by atoms with E-state index in [1.165, 1.54) is 12.3 Å². The summed E-state index contributed by atoms with van der Waals surface area (Å²) in [6, 6.07) is 24.9. The molecule has 3 aromatic carbocycles. The van der Waals surface area contributed by atoms with Gasteiger partial charge in [0, 0.05) is 5.57 Å². The minimum absolute atomic E-state index is 0.106. The first kappa shape index (κ1) is 17.4. The van der Waals surface area contributed by atoms with Crippen molar-refractivity contribution in [1.82, 2.24) is 0 Å². The summed E-state index contributed by atoms with van der Waals surface area (Å²) in [6.45, 7) is 1.80. The topological polar surface area (TPSA) is 30.8 Å². The SMILES string of the molecule is C/C(=C\Oc1ccccc1)C(=Nc1ccccc1)Oc1ccccc1F. The first-order chi connectivity index (χ1) is 12.7. The molecule has 4 heteroatoms. The molecule has 0 saturated heterocycles. The van der Waals surface area contributed by atoms with Gasteiger partial charge in [-0.05, 0) is 43.3 Å². The highest BCUT2D eigenvalue weighted by molar-refractivity contribution is 5.96. The summed E-state index contributed by atoms with van der Waals surface area (Å²) >= 11 is 0. The number of rotatable bonds is 5. The normalized spacial score (nSPS) is 11.9. The molecule has 0 aliphatic rings. The molecule has 26 heavy (non-hydrogen) atoms. The van der Waals surface area contributed by atoms with E-state index in [-0.39, 0.29) is 11.6 Å². The average Bonchev–Trinajstić information content (AvgIpc) is 2.69. The van der Waals surface area contributed by atoms with E-state index in [0.29, 0.717) is 17.0 Å². The predicted molar refractivity (Wildman–Crippen MR) is 101 cm³/mol. The fourth-order valence-corrected chi connectivity index (χ4v) is 2.15. The van der Waals surface area contributed by atoms with Gasteiger partial charge in [-0.25, -0.2) is 9.38 Å². The molecular formula is C22H18FNO2. The molecule has 3 nitrogen and oxygen atoms in total. The standard InChI is InChI=1S/C22H18FNO2/c1-17(16-25-19-12-6-3-7-13-19)22(24-18-10-4-2-5-11-18)26-21-15-9-8-14-20(21)23/h2-16H,1H3/b17-16+,24-22?. The molecule has 0 amide bonds. The molecule has 130 valence electrons. The number of benzene rings is 3. The number of nitrogens with zero attached hydrogens (tertiary/aromatic N) is 1. The van der Waals surface area contributed by atoms with Gasteiger partial charge in [0.05, 0.1) is 11.9 Å². The predicted octanol–water partition coefficient (Wildman–Crippen LogP) is 5.92. The summed E-state index contributed by atoms with van der Waals surface area (Å²) in [6.07, 6.45) is 1.54. The van der Waals surface area contributed by atoms with Gasteiger partial charge in [0.15, 0.2) is 11.6 Å². The molecule has 0 atom stereocenters. The van der Waals surface area contributed by atoms with Crippen molar-refractivity contribution >= 4 is 11.6 Å². The van der Waals surface area contributed by atoms with E-state index in [0.717, 1.165) is 0 Å². The maximum Gasteiger partial charge on any atom is 0.225 e. The summed E-state index contributed by atoms with van der Waals surface area (Å²) in [5.74, 6) is 0.605. The summed E-state index contributed by atoms with van der Waals surface area (Å²) in [4.78, 5) is 4.49. The van der Waals surface area contributed by atoms with Crippen LogP contribution in [0.5, 0.6) is 11.5 Å². The Balaban J connectivity index is 1.89. The van der Waals surface area contributed by atoms with Crippen LogP contribution in [0.1, 0.15) is 6.92 Å². The third kappa shape index (κ3) is 4.80. The molecule has 0 unspecified atom stereocenters. The van der Waals surface area contributed by atoms with Gasteiger partial charge >= 0.3 is 0 Å². The van der Waals surface area contributed by atoms with Crippen molar-refractivity contribution in [2.75, 3.05) is 0 Å². The Labute approximate surface area is 152 Å². The van der Waals surface area contributed by atoms with E-state index >= 15 is 0 Å². The zero-order valence-corrected chi connectivity index (χ0v) is 14.3. The largest absolute Gasteiger partial charge is 0.465 e. The Morgan fingerprint density at radius 3 is 2.15 bits per heavy atom. The number of hydrogen-bond donors (Lipinski definition) is 0. The van der Waals surface area contributed by atoms with Gasteiger partial charge in [-0.3, -0.25) is 0 Å². The summed E-state index contributed by atoms with van der Waals surface area (Å²) in [7, 11) is 0. The van der Waals surface area contributed by atoms with Gasteiger partial charge in [-0.2, -0.15) is 0 Å². The molecule has 0 aliphatic carbocycles. The van der Waals surface area contributed by atoms with Crippen LogP contribution >= 0.6 is 0 Å². The molecule has 0 radical (unpaired) electrons. The zero-order valence-electron chi connectivity index (χ0n) is 14.3. The molecule has 0 fully saturated rings. The molecule has 0 heterocycles. The second-order valence-electron chi connectivity index (χ2n) is 5.52. The summed E-state index contributed by atoms with van der Waals surface area (Å²) in [5, 5.41) is 0. The van der Waals surface area contributed by atoms with E-state index in [2.05, 4.69) is 4.99 Å². The minimum Gasteiger partial charge on any atom is -0.465 e. The fourth-order valence-electron chi connectivity index (χ4n) is 2.15. The van der Waals surface area contributed by atoms with Gasteiger partial charge in [-0.15, -0.1) is 0 Å². The van der Waals surface area contributed by atoms with E-state index in [1.54, 1.807) is 25.1 Å². The fraction of sp³-hybridized carbons (Fsp3) is 0.0455. The lowest BCUT2D eigenvalue weighted by Crippen LogP contribution is -2.11. The van der Waals surface area contributed by atoms with Crippen molar-refractivity contribution in [3.63, 3.8) is 0 Å². The smallest absolute Gasteiger partial charge is 0.225 e. The van der Waals surface area contributed by atoms with Crippen LogP contribution in [0, 0.1) is 5.82 Å².